The first-order valence-corrected chi connectivity index (χ1v) is 9.85. The number of carbonyl (C=O) groups is 1. The van der Waals surface area contributed by atoms with E-state index in [4.69, 9.17) is 16.3 Å². The van der Waals surface area contributed by atoms with Gasteiger partial charge in [0.05, 0.1) is 6.61 Å². The third kappa shape index (κ3) is 4.58. The highest BCUT2D eigenvalue weighted by Crippen LogP contribution is 2.32. The number of amides is 1. The summed E-state index contributed by atoms with van der Waals surface area (Å²) in [6, 6.07) is 8.12. The predicted octanol–water partition coefficient (Wildman–Crippen LogP) is 2.49. The molecule has 2 fully saturated rings. The number of rotatable bonds is 5. The number of carbonyl (C=O) groups excluding carboxylic acids is 1. The van der Waals surface area contributed by atoms with Crippen LogP contribution >= 0.6 is 11.6 Å². The summed E-state index contributed by atoms with van der Waals surface area (Å²) >= 11 is 6.14. The zero-order valence-electron chi connectivity index (χ0n) is 15.9. The van der Waals surface area contributed by atoms with Crippen LogP contribution in [-0.2, 0) is 16.1 Å². The molecule has 0 aliphatic carbocycles. The number of hydrogen-bond donors (Lipinski definition) is 0. The topological polar surface area (TPSA) is 36.0 Å². The summed E-state index contributed by atoms with van der Waals surface area (Å²) in [6.45, 7) is 6.12. The number of piperazine rings is 1. The van der Waals surface area contributed by atoms with Crippen LogP contribution in [0.15, 0.2) is 24.3 Å². The molecule has 0 saturated carbocycles. The van der Waals surface area contributed by atoms with Crippen LogP contribution in [0, 0.1) is 0 Å². The number of likely N-dealkylation sites (tertiary alicyclic amines) is 1. The van der Waals surface area contributed by atoms with E-state index in [1.54, 1.807) is 7.11 Å². The van der Waals surface area contributed by atoms with Gasteiger partial charge in [0.15, 0.2) is 0 Å². The first-order valence-electron chi connectivity index (χ1n) is 9.47. The van der Waals surface area contributed by atoms with E-state index in [0.29, 0.717) is 19.6 Å². The maximum atomic E-state index is 12.5. The van der Waals surface area contributed by atoms with Crippen LogP contribution in [0.4, 0.5) is 0 Å². The lowest BCUT2D eigenvalue weighted by molar-refractivity contribution is -0.131. The fourth-order valence-electron chi connectivity index (χ4n) is 4.24. The highest BCUT2D eigenvalue weighted by atomic mass is 35.5. The Morgan fingerprint density at radius 3 is 2.85 bits per heavy atom. The molecule has 2 aliphatic rings. The summed E-state index contributed by atoms with van der Waals surface area (Å²) in [5, 5.41) is 0.792. The Bertz CT molecular complexity index is 627. The first-order chi connectivity index (χ1) is 12.5. The third-order valence-corrected chi connectivity index (χ3v) is 6.18. The molecule has 3 rings (SSSR count). The van der Waals surface area contributed by atoms with E-state index in [-0.39, 0.29) is 11.4 Å². The molecule has 2 aliphatic heterocycles. The van der Waals surface area contributed by atoms with Gasteiger partial charge in [0.2, 0.25) is 5.91 Å². The van der Waals surface area contributed by atoms with Gasteiger partial charge < -0.3 is 9.64 Å². The minimum atomic E-state index is 0.0777. The van der Waals surface area contributed by atoms with E-state index >= 15 is 0 Å². The zero-order chi connectivity index (χ0) is 18.6. The molecule has 0 unspecified atom stereocenters. The second-order valence-electron chi connectivity index (χ2n) is 7.61. The highest BCUT2D eigenvalue weighted by molar-refractivity contribution is 6.30. The average Bonchev–Trinajstić information content (AvgIpc) is 2.77. The molecule has 1 atom stereocenters. The lowest BCUT2D eigenvalue weighted by atomic mass is 9.86. The second-order valence-corrected chi connectivity index (χ2v) is 8.05. The largest absolute Gasteiger partial charge is 0.383 e. The number of benzene rings is 1. The number of halogens is 1. The molecule has 2 heterocycles. The van der Waals surface area contributed by atoms with Gasteiger partial charge in [-0.05, 0) is 37.6 Å². The number of ether oxygens (including phenoxy) is 1. The molecule has 1 aromatic carbocycles. The number of likely N-dealkylation sites (N-methyl/N-ethyl adjacent to an activating group) is 1. The Hall–Kier alpha value is -1.14. The van der Waals surface area contributed by atoms with Crippen molar-refractivity contribution >= 4 is 17.5 Å². The number of hydrogen-bond acceptors (Lipinski definition) is 4. The van der Waals surface area contributed by atoms with Crippen molar-refractivity contribution in [2.24, 2.45) is 0 Å². The van der Waals surface area contributed by atoms with Gasteiger partial charge in [0.25, 0.3) is 0 Å². The molecular formula is C20H30ClN3O2. The molecule has 1 aromatic rings. The van der Waals surface area contributed by atoms with Crippen molar-refractivity contribution in [3.63, 3.8) is 0 Å². The fourth-order valence-corrected chi connectivity index (χ4v) is 4.45. The van der Waals surface area contributed by atoms with Crippen LogP contribution in [0.25, 0.3) is 0 Å². The summed E-state index contributed by atoms with van der Waals surface area (Å²) in [4.78, 5) is 19.5. The van der Waals surface area contributed by atoms with Gasteiger partial charge in [0.1, 0.15) is 0 Å². The Kier molecular flexibility index (Phi) is 6.56. The Morgan fingerprint density at radius 2 is 2.08 bits per heavy atom. The van der Waals surface area contributed by atoms with E-state index < -0.39 is 0 Å². The number of methoxy groups -OCH3 is 1. The molecular weight excluding hydrogens is 350 g/mol. The molecule has 144 valence electrons. The summed E-state index contributed by atoms with van der Waals surface area (Å²) in [5.41, 5.74) is 1.33. The van der Waals surface area contributed by atoms with Gasteiger partial charge in [-0.25, -0.2) is 0 Å². The standard InChI is InChI=1S/C20H30ClN3O2/c1-22-10-11-23(15-17-4-3-5-18(21)14-17)16-20(22)7-6-19(25)24(9-8-20)12-13-26-2/h3-5,14H,6-13,15-16H2,1-2H3/t20-/m1/s1. The van der Waals surface area contributed by atoms with Crippen molar-refractivity contribution in [2.45, 2.75) is 31.3 Å². The first kappa shape index (κ1) is 19.6. The molecule has 0 radical (unpaired) electrons. The van der Waals surface area contributed by atoms with Crippen molar-refractivity contribution in [3.8, 4) is 0 Å². The van der Waals surface area contributed by atoms with Crippen molar-refractivity contribution in [1.82, 2.24) is 14.7 Å². The average molecular weight is 380 g/mol. The Balaban J connectivity index is 1.68. The summed E-state index contributed by atoms with van der Waals surface area (Å²) in [5.74, 6) is 0.263. The van der Waals surface area contributed by atoms with Crippen molar-refractivity contribution in [3.05, 3.63) is 34.9 Å². The van der Waals surface area contributed by atoms with Crippen LogP contribution in [0.3, 0.4) is 0 Å². The zero-order valence-corrected chi connectivity index (χ0v) is 16.7. The molecule has 6 heteroatoms. The van der Waals surface area contributed by atoms with Gasteiger partial charge in [0, 0.05) is 63.4 Å². The summed E-state index contributed by atoms with van der Waals surface area (Å²) in [6.07, 6.45) is 2.57. The van der Waals surface area contributed by atoms with Crippen LogP contribution in [-0.4, -0.2) is 79.6 Å². The van der Waals surface area contributed by atoms with Crippen molar-refractivity contribution < 1.29 is 9.53 Å². The second kappa shape index (κ2) is 8.70. The molecule has 0 bridgehead atoms. The maximum absolute atomic E-state index is 12.5. The van der Waals surface area contributed by atoms with Gasteiger partial charge >= 0.3 is 0 Å². The van der Waals surface area contributed by atoms with Crippen LogP contribution in [0.1, 0.15) is 24.8 Å². The van der Waals surface area contributed by atoms with Crippen molar-refractivity contribution in [1.29, 1.82) is 0 Å². The minimum Gasteiger partial charge on any atom is -0.383 e. The lowest BCUT2D eigenvalue weighted by Gasteiger charge is -2.49. The molecule has 2 saturated heterocycles. The van der Waals surface area contributed by atoms with Crippen LogP contribution in [0.2, 0.25) is 5.02 Å². The summed E-state index contributed by atoms with van der Waals surface area (Å²) in [7, 11) is 3.90. The summed E-state index contributed by atoms with van der Waals surface area (Å²) < 4.78 is 5.16. The van der Waals surface area contributed by atoms with Gasteiger partial charge in [-0.15, -0.1) is 0 Å². The minimum absolute atomic E-state index is 0.0777. The molecule has 26 heavy (non-hydrogen) atoms. The maximum Gasteiger partial charge on any atom is 0.222 e. The van der Waals surface area contributed by atoms with E-state index in [9.17, 15) is 4.79 Å². The van der Waals surface area contributed by atoms with Crippen LogP contribution < -0.4 is 0 Å². The highest BCUT2D eigenvalue weighted by Gasteiger charge is 2.42. The molecule has 1 amide bonds. The Morgan fingerprint density at radius 1 is 1.23 bits per heavy atom. The van der Waals surface area contributed by atoms with Gasteiger partial charge in [-0.3, -0.25) is 14.6 Å². The van der Waals surface area contributed by atoms with E-state index in [1.807, 2.05) is 17.0 Å². The monoisotopic (exact) mass is 379 g/mol. The van der Waals surface area contributed by atoms with Crippen LogP contribution in [0.5, 0.6) is 0 Å². The SMILES string of the molecule is COCCN1CC[C@]2(CCC1=O)CN(Cc1cccc(Cl)c1)CCN2C. The number of nitrogens with zero attached hydrogens (tertiary/aromatic N) is 3. The predicted molar refractivity (Wildman–Crippen MR) is 104 cm³/mol. The van der Waals surface area contributed by atoms with E-state index in [2.05, 4.69) is 29.0 Å². The molecule has 1 spiro atoms. The molecule has 0 N–H and O–H groups in total. The lowest BCUT2D eigenvalue weighted by Crippen LogP contribution is -2.60. The quantitative estimate of drug-likeness (QED) is 0.787. The van der Waals surface area contributed by atoms with E-state index in [0.717, 1.165) is 50.6 Å². The Labute approximate surface area is 161 Å². The van der Waals surface area contributed by atoms with Crippen molar-refractivity contribution in [2.75, 3.05) is 53.5 Å². The normalized spacial score (nSPS) is 25.7. The molecule has 5 nitrogen and oxygen atoms in total. The van der Waals surface area contributed by atoms with E-state index in [1.165, 1.54) is 5.56 Å². The third-order valence-electron chi connectivity index (χ3n) is 5.94. The fraction of sp³-hybridized carbons (Fsp3) is 0.650. The smallest absolute Gasteiger partial charge is 0.222 e. The van der Waals surface area contributed by atoms with Gasteiger partial charge in [-0.1, -0.05) is 23.7 Å². The van der Waals surface area contributed by atoms with Gasteiger partial charge in [-0.2, -0.15) is 0 Å². The molecule has 0 aromatic heterocycles.